The number of nitrogens with zero attached hydrogens (tertiary/aromatic N) is 2. The zero-order valence-corrected chi connectivity index (χ0v) is 17.4. The highest BCUT2D eigenvalue weighted by Crippen LogP contribution is 2.31. The Morgan fingerprint density at radius 1 is 0.750 bits per heavy atom. The smallest absolute Gasteiger partial charge is 0.258 e. The number of hydrogen-bond donors (Lipinski definition) is 1. The third kappa shape index (κ3) is 3.88. The Bertz CT molecular complexity index is 1280. The van der Waals surface area contributed by atoms with Gasteiger partial charge in [-0.25, -0.2) is 0 Å². The highest BCUT2D eigenvalue weighted by atomic mass is 16.2. The minimum atomic E-state index is -0.241. The van der Waals surface area contributed by atoms with Gasteiger partial charge < -0.3 is 10.2 Å². The van der Waals surface area contributed by atoms with E-state index in [-0.39, 0.29) is 11.8 Å². The van der Waals surface area contributed by atoms with Crippen LogP contribution in [0.15, 0.2) is 97.3 Å². The van der Waals surface area contributed by atoms with Crippen molar-refractivity contribution >= 4 is 23.2 Å². The van der Waals surface area contributed by atoms with Crippen molar-refractivity contribution in [3.63, 3.8) is 0 Å². The second-order valence-electron chi connectivity index (χ2n) is 7.74. The summed E-state index contributed by atoms with van der Waals surface area (Å²) < 4.78 is 0. The van der Waals surface area contributed by atoms with Crippen molar-refractivity contribution in [3.05, 3.63) is 125 Å². The molecule has 1 N–H and O–H groups in total. The SMILES string of the molecule is O=C(Nc1ccc(C(=O)N2Cc3ccccc3Cc3ccccc32)cc1)c1cccnc1. The van der Waals surface area contributed by atoms with Crippen LogP contribution in [-0.4, -0.2) is 16.8 Å². The molecule has 1 aromatic heterocycles. The Labute approximate surface area is 186 Å². The lowest BCUT2D eigenvalue weighted by Gasteiger charge is -2.23. The summed E-state index contributed by atoms with van der Waals surface area (Å²) in [5, 5.41) is 2.84. The lowest BCUT2D eigenvalue weighted by Crippen LogP contribution is -2.30. The van der Waals surface area contributed by atoms with Crippen LogP contribution in [-0.2, 0) is 13.0 Å². The number of fused-ring (bicyclic) bond motifs is 2. The number of rotatable bonds is 3. The van der Waals surface area contributed by atoms with Gasteiger partial charge in [0.15, 0.2) is 0 Å². The standard InChI is InChI=1S/C27H21N3O2/c31-26(22-9-5-15-28-17-22)29-24-13-11-19(12-14-24)27(32)30-18-23-8-2-1-6-20(23)16-21-7-3-4-10-25(21)30/h1-15,17H,16,18H2,(H,29,31). The molecule has 5 rings (SSSR count). The highest BCUT2D eigenvalue weighted by molar-refractivity contribution is 6.07. The molecule has 1 aliphatic heterocycles. The number of amides is 2. The van der Waals surface area contributed by atoms with E-state index < -0.39 is 0 Å². The van der Waals surface area contributed by atoms with E-state index >= 15 is 0 Å². The monoisotopic (exact) mass is 419 g/mol. The summed E-state index contributed by atoms with van der Waals surface area (Å²) in [5.41, 5.74) is 6.12. The summed E-state index contributed by atoms with van der Waals surface area (Å²) in [6.07, 6.45) is 3.94. The fourth-order valence-electron chi connectivity index (χ4n) is 4.00. The third-order valence-electron chi connectivity index (χ3n) is 5.67. The van der Waals surface area contributed by atoms with E-state index in [2.05, 4.69) is 28.5 Å². The van der Waals surface area contributed by atoms with E-state index in [1.165, 1.54) is 11.8 Å². The molecule has 0 unspecified atom stereocenters. The number of para-hydroxylation sites is 1. The van der Waals surface area contributed by atoms with Crippen molar-refractivity contribution in [1.82, 2.24) is 4.98 Å². The Morgan fingerprint density at radius 3 is 2.22 bits per heavy atom. The van der Waals surface area contributed by atoms with Crippen molar-refractivity contribution in [3.8, 4) is 0 Å². The largest absolute Gasteiger partial charge is 0.322 e. The van der Waals surface area contributed by atoms with Crippen LogP contribution in [0, 0.1) is 0 Å². The summed E-state index contributed by atoms with van der Waals surface area (Å²) in [5.74, 6) is -0.311. The van der Waals surface area contributed by atoms with Crippen LogP contribution in [0.4, 0.5) is 11.4 Å². The predicted octanol–water partition coefficient (Wildman–Crippen LogP) is 5.09. The number of aromatic nitrogens is 1. The molecule has 4 aromatic rings. The van der Waals surface area contributed by atoms with Crippen LogP contribution in [0.25, 0.3) is 0 Å². The molecule has 0 bridgehead atoms. The van der Waals surface area contributed by atoms with Crippen LogP contribution < -0.4 is 10.2 Å². The molecule has 1 aliphatic rings. The van der Waals surface area contributed by atoms with Gasteiger partial charge in [0, 0.05) is 29.3 Å². The average Bonchev–Trinajstić information content (AvgIpc) is 3.01. The Morgan fingerprint density at radius 2 is 1.47 bits per heavy atom. The van der Waals surface area contributed by atoms with Crippen LogP contribution in [0.5, 0.6) is 0 Å². The number of pyridine rings is 1. The molecular formula is C27H21N3O2. The van der Waals surface area contributed by atoms with Crippen molar-refractivity contribution in [2.24, 2.45) is 0 Å². The Balaban J connectivity index is 1.41. The van der Waals surface area contributed by atoms with Crippen LogP contribution >= 0.6 is 0 Å². The molecule has 2 heterocycles. The van der Waals surface area contributed by atoms with Crippen LogP contribution in [0.2, 0.25) is 0 Å². The molecule has 0 saturated carbocycles. The quantitative estimate of drug-likeness (QED) is 0.503. The van der Waals surface area contributed by atoms with Gasteiger partial charge in [-0.3, -0.25) is 14.6 Å². The fourth-order valence-corrected chi connectivity index (χ4v) is 4.00. The number of benzene rings is 3. The molecular weight excluding hydrogens is 398 g/mol. The first-order valence-corrected chi connectivity index (χ1v) is 10.5. The first-order valence-electron chi connectivity index (χ1n) is 10.5. The highest BCUT2D eigenvalue weighted by Gasteiger charge is 2.24. The molecule has 5 heteroatoms. The number of hydrogen-bond acceptors (Lipinski definition) is 3. The van der Waals surface area contributed by atoms with Gasteiger partial charge in [-0.2, -0.15) is 0 Å². The minimum absolute atomic E-state index is 0.0701. The third-order valence-corrected chi connectivity index (χ3v) is 5.67. The summed E-state index contributed by atoms with van der Waals surface area (Å²) in [4.78, 5) is 31.7. The molecule has 5 nitrogen and oxygen atoms in total. The van der Waals surface area contributed by atoms with Crippen molar-refractivity contribution in [1.29, 1.82) is 0 Å². The molecule has 0 aliphatic carbocycles. The molecule has 32 heavy (non-hydrogen) atoms. The van der Waals surface area contributed by atoms with Crippen molar-refractivity contribution in [2.75, 3.05) is 10.2 Å². The van der Waals surface area contributed by atoms with Crippen LogP contribution in [0.1, 0.15) is 37.4 Å². The summed E-state index contributed by atoms with van der Waals surface area (Å²) >= 11 is 0. The van der Waals surface area contributed by atoms with Gasteiger partial charge >= 0.3 is 0 Å². The number of nitrogens with one attached hydrogen (secondary N) is 1. The zero-order chi connectivity index (χ0) is 21.9. The predicted molar refractivity (Wildman–Crippen MR) is 125 cm³/mol. The van der Waals surface area contributed by atoms with Gasteiger partial charge in [-0.15, -0.1) is 0 Å². The molecule has 0 spiro atoms. The maximum absolute atomic E-state index is 13.5. The molecule has 2 amide bonds. The van der Waals surface area contributed by atoms with Crippen molar-refractivity contribution in [2.45, 2.75) is 13.0 Å². The average molecular weight is 419 g/mol. The summed E-state index contributed by atoms with van der Waals surface area (Å²) in [6.45, 7) is 0.519. The van der Waals surface area contributed by atoms with Crippen molar-refractivity contribution < 1.29 is 9.59 Å². The molecule has 0 atom stereocenters. The van der Waals surface area contributed by atoms with Crippen LogP contribution in [0.3, 0.4) is 0 Å². The summed E-state index contributed by atoms with van der Waals surface area (Å²) in [7, 11) is 0. The molecule has 0 fully saturated rings. The lowest BCUT2D eigenvalue weighted by atomic mass is 10.0. The first-order chi connectivity index (χ1) is 15.7. The maximum Gasteiger partial charge on any atom is 0.258 e. The summed E-state index contributed by atoms with van der Waals surface area (Å²) in [6, 6.07) is 26.7. The van der Waals surface area contributed by atoms with Gasteiger partial charge in [0.2, 0.25) is 0 Å². The zero-order valence-electron chi connectivity index (χ0n) is 17.4. The Hall–Kier alpha value is -4.25. The van der Waals surface area contributed by atoms with E-state index in [9.17, 15) is 9.59 Å². The van der Waals surface area contributed by atoms with Gasteiger partial charge in [-0.05, 0) is 65.6 Å². The van der Waals surface area contributed by atoms with Gasteiger partial charge in [0.25, 0.3) is 11.8 Å². The van der Waals surface area contributed by atoms with E-state index in [4.69, 9.17) is 0 Å². The number of anilines is 2. The number of carbonyl (C=O) groups is 2. The van der Waals surface area contributed by atoms with Gasteiger partial charge in [0.05, 0.1) is 12.1 Å². The van der Waals surface area contributed by atoms with E-state index in [0.717, 1.165) is 23.2 Å². The molecule has 0 radical (unpaired) electrons. The van der Waals surface area contributed by atoms with E-state index in [0.29, 0.717) is 23.4 Å². The van der Waals surface area contributed by atoms with Gasteiger partial charge in [-0.1, -0.05) is 42.5 Å². The second kappa shape index (κ2) is 8.47. The lowest BCUT2D eigenvalue weighted by molar-refractivity contribution is 0.0984. The fraction of sp³-hybridized carbons (Fsp3) is 0.0741. The first kappa shape index (κ1) is 19.7. The number of carbonyl (C=O) groups excluding carboxylic acids is 2. The molecule has 0 saturated heterocycles. The molecule has 156 valence electrons. The molecule has 3 aromatic carbocycles. The van der Waals surface area contributed by atoms with Gasteiger partial charge in [0.1, 0.15) is 0 Å². The maximum atomic E-state index is 13.5. The van der Waals surface area contributed by atoms with E-state index in [1.807, 2.05) is 35.2 Å². The van der Waals surface area contributed by atoms with E-state index in [1.54, 1.807) is 42.6 Å². The normalized spacial score (nSPS) is 12.3. The topological polar surface area (TPSA) is 62.3 Å². The Kier molecular flexibility index (Phi) is 5.22. The second-order valence-corrected chi connectivity index (χ2v) is 7.74. The minimum Gasteiger partial charge on any atom is -0.322 e.